The van der Waals surface area contributed by atoms with Crippen LogP contribution in [0.25, 0.3) is 22.5 Å². The fraction of sp³-hybridized carbons (Fsp3) is 0.118. The van der Waals surface area contributed by atoms with Crippen molar-refractivity contribution in [2.75, 3.05) is 0 Å². The van der Waals surface area contributed by atoms with Crippen LogP contribution in [0.1, 0.15) is 34.2 Å². The molecule has 6 rings (SSSR count). The topological polar surface area (TPSA) is 35.6 Å². The summed E-state index contributed by atoms with van der Waals surface area (Å²) in [5, 5.41) is 3.40. The highest BCUT2D eigenvalue weighted by molar-refractivity contribution is 6.36. The SMILES string of the molecule is Cc1c(-c2cc(Cl)cc(Cl)c2)nc(Cc2ccccc2Cl)n1-n1c(Cc2cccc(Cl)c2)nc(-c2ccc(Cl)cc2Cl)c1C. The van der Waals surface area contributed by atoms with Crippen molar-refractivity contribution < 1.29 is 0 Å². The van der Waals surface area contributed by atoms with E-state index in [1.807, 2.05) is 86.6 Å². The van der Waals surface area contributed by atoms with Crippen LogP contribution in [0, 0.1) is 13.8 Å². The van der Waals surface area contributed by atoms with Gasteiger partial charge >= 0.3 is 0 Å². The highest BCUT2D eigenvalue weighted by Crippen LogP contribution is 2.36. The first-order valence-corrected chi connectivity index (χ1v) is 15.9. The van der Waals surface area contributed by atoms with E-state index in [2.05, 4.69) is 9.35 Å². The van der Waals surface area contributed by atoms with Gasteiger partial charge in [0.05, 0.1) is 27.8 Å². The van der Waals surface area contributed by atoms with E-state index in [4.69, 9.17) is 79.6 Å². The predicted octanol–water partition coefficient (Wildman–Crippen LogP) is 11.4. The summed E-state index contributed by atoms with van der Waals surface area (Å²) in [5.41, 5.74) is 6.71. The van der Waals surface area contributed by atoms with Crippen LogP contribution in [0.2, 0.25) is 30.1 Å². The van der Waals surface area contributed by atoms with Gasteiger partial charge in [-0.15, -0.1) is 0 Å². The molecule has 6 aromatic rings. The van der Waals surface area contributed by atoms with E-state index < -0.39 is 0 Å². The lowest BCUT2D eigenvalue weighted by atomic mass is 10.1. The second kappa shape index (κ2) is 12.8. The number of aromatic nitrogens is 4. The minimum absolute atomic E-state index is 0.458. The third kappa shape index (κ3) is 6.25. The molecule has 0 saturated carbocycles. The normalized spacial score (nSPS) is 11.4. The Labute approximate surface area is 285 Å². The monoisotopic (exact) mass is 698 g/mol. The highest BCUT2D eigenvalue weighted by atomic mass is 35.5. The maximum atomic E-state index is 6.72. The summed E-state index contributed by atoms with van der Waals surface area (Å²) in [4.78, 5) is 10.3. The molecule has 0 spiro atoms. The van der Waals surface area contributed by atoms with Gasteiger partial charge in [0.2, 0.25) is 0 Å². The molecule has 0 fully saturated rings. The van der Waals surface area contributed by atoms with E-state index in [1.54, 1.807) is 12.1 Å². The van der Waals surface area contributed by atoms with Gasteiger partial charge in [0.15, 0.2) is 0 Å². The first-order valence-electron chi connectivity index (χ1n) is 13.7. The van der Waals surface area contributed by atoms with Crippen molar-refractivity contribution in [1.29, 1.82) is 0 Å². The van der Waals surface area contributed by atoms with Crippen molar-refractivity contribution >= 4 is 69.6 Å². The van der Waals surface area contributed by atoms with Crippen LogP contribution >= 0.6 is 69.6 Å². The van der Waals surface area contributed by atoms with E-state index in [0.29, 0.717) is 43.0 Å². The van der Waals surface area contributed by atoms with Gasteiger partial charge in [0, 0.05) is 49.1 Å². The van der Waals surface area contributed by atoms with Gasteiger partial charge in [-0.2, -0.15) is 0 Å². The molecule has 0 aliphatic heterocycles. The first-order chi connectivity index (χ1) is 21.1. The van der Waals surface area contributed by atoms with E-state index >= 15 is 0 Å². The van der Waals surface area contributed by atoms with Crippen LogP contribution in [0.15, 0.2) is 84.9 Å². The summed E-state index contributed by atoms with van der Waals surface area (Å²) in [5.74, 6) is 1.52. The number of hydrogen-bond donors (Lipinski definition) is 0. The van der Waals surface area contributed by atoms with Gasteiger partial charge in [-0.1, -0.05) is 99.9 Å². The van der Waals surface area contributed by atoms with E-state index in [1.165, 1.54) is 0 Å². The molecule has 0 bridgehead atoms. The van der Waals surface area contributed by atoms with Gasteiger partial charge in [0.1, 0.15) is 11.6 Å². The Morgan fingerprint density at radius 1 is 0.545 bits per heavy atom. The summed E-state index contributed by atoms with van der Waals surface area (Å²) in [6.07, 6.45) is 0.953. The number of rotatable bonds is 7. The fourth-order valence-electron chi connectivity index (χ4n) is 5.40. The summed E-state index contributed by atoms with van der Waals surface area (Å²) >= 11 is 38.9. The first kappa shape index (κ1) is 31.0. The Balaban J connectivity index is 1.63. The number of halogens is 6. The van der Waals surface area contributed by atoms with Crippen molar-refractivity contribution in [2.24, 2.45) is 0 Å². The zero-order chi connectivity index (χ0) is 31.1. The molecular formula is C34H24Cl6N4. The summed E-state index contributed by atoms with van der Waals surface area (Å²) in [6.45, 7) is 4.04. The summed E-state index contributed by atoms with van der Waals surface area (Å²) in [7, 11) is 0. The van der Waals surface area contributed by atoms with Crippen molar-refractivity contribution in [3.8, 4) is 22.5 Å². The van der Waals surface area contributed by atoms with Crippen LogP contribution in [-0.2, 0) is 12.8 Å². The molecule has 0 unspecified atom stereocenters. The lowest BCUT2D eigenvalue weighted by molar-refractivity contribution is 0.567. The molecule has 4 aromatic carbocycles. The zero-order valence-corrected chi connectivity index (χ0v) is 28.1. The molecule has 222 valence electrons. The molecule has 4 nitrogen and oxygen atoms in total. The van der Waals surface area contributed by atoms with Crippen molar-refractivity contribution in [2.45, 2.75) is 26.7 Å². The van der Waals surface area contributed by atoms with E-state index in [0.717, 1.165) is 56.7 Å². The molecule has 0 aliphatic rings. The number of hydrogen-bond acceptors (Lipinski definition) is 2. The average Bonchev–Trinajstić information content (AvgIpc) is 3.44. The maximum Gasteiger partial charge on any atom is 0.133 e. The highest BCUT2D eigenvalue weighted by Gasteiger charge is 2.25. The third-order valence-electron chi connectivity index (χ3n) is 7.37. The Kier molecular flexibility index (Phi) is 9.03. The second-order valence-electron chi connectivity index (χ2n) is 10.4. The van der Waals surface area contributed by atoms with Crippen LogP contribution in [0.4, 0.5) is 0 Å². The Morgan fingerprint density at radius 2 is 1.18 bits per heavy atom. The molecule has 2 aromatic heterocycles. The average molecular weight is 701 g/mol. The zero-order valence-electron chi connectivity index (χ0n) is 23.6. The molecule has 44 heavy (non-hydrogen) atoms. The predicted molar refractivity (Wildman–Crippen MR) is 184 cm³/mol. The molecule has 10 heteroatoms. The molecule has 0 radical (unpaired) electrons. The molecule has 0 atom stereocenters. The second-order valence-corrected chi connectivity index (χ2v) is 13.0. The third-order valence-corrected chi connectivity index (χ3v) is 8.96. The van der Waals surface area contributed by atoms with Gasteiger partial charge in [-0.25, -0.2) is 19.3 Å². The van der Waals surface area contributed by atoms with Gasteiger partial charge < -0.3 is 0 Å². The number of benzene rings is 4. The van der Waals surface area contributed by atoms with Gasteiger partial charge in [-0.05, 0) is 79.6 Å². The van der Waals surface area contributed by atoms with E-state index in [9.17, 15) is 0 Å². The maximum absolute atomic E-state index is 6.72. The van der Waals surface area contributed by atoms with Crippen LogP contribution in [-0.4, -0.2) is 19.3 Å². The number of imidazole rings is 2. The quantitative estimate of drug-likeness (QED) is 0.166. The van der Waals surface area contributed by atoms with Crippen LogP contribution < -0.4 is 0 Å². The Morgan fingerprint density at radius 3 is 1.86 bits per heavy atom. The molecule has 2 heterocycles. The van der Waals surface area contributed by atoms with Crippen LogP contribution in [0.5, 0.6) is 0 Å². The van der Waals surface area contributed by atoms with Crippen molar-refractivity contribution in [3.63, 3.8) is 0 Å². The summed E-state index contributed by atoms with van der Waals surface area (Å²) < 4.78 is 4.17. The standard InChI is InChI=1S/C34H24Cl6N4/c1-19-33(23-14-26(37)17-27(38)15-23)41-32(16-22-7-3-4-9-29(22)39)43(19)44-20(2)34(28-11-10-25(36)18-30(28)40)42-31(44)13-21-6-5-8-24(35)12-21/h3-12,14-15,17-18H,13,16H2,1-2H3. The lowest BCUT2D eigenvalue weighted by Crippen LogP contribution is -2.19. The van der Waals surface area contributed by atoms with E-state index in [-0.39, 0.29) is 0 Å². The molecule has 0 saturated heterocycles. The molecule has 0 amide bonds. The van der Waals surface area contributed by atoms with Gasteiger partial charge in [-0.3, -0.25) is 0 Å². The summed E-state index contributed by atoms with van der Waals surface area (Å²) in [6, 6.07) is 26.3. The fourth-order valence-corrected chi connectivity index (χ4v) is 6.84. The molecular weight excluding hydrogens is 677 g/mol. The lowest BCUT2D eigenvalue weighted by Gasteiger charge is -2.17. The Bertz CT molecular complexity index is 2010. The number of nitrogens with zero attached hydrogens (tertiary/aromatic N) is 4. The van der Waals surface area contributed by atoms with Gasteiger partial charge in [0.25, 0.3) is 0 Å². The molecule has 0 N–H and O–H groups in total. The van der Waals surface area contributed by atoms with Crippen molar-refractivity contribution in [1.82, 2.24) is 19.3 Å². The van der Waals surface area contributed by atoms with Crippen molar-refractivity contribution in [3.05, 3.63) is 149 Å². The molecule has 0 aliphatic carbocycles. The Hall–Kier alpha value is -2.96. The minimum atomic E-state index is 0.458. The van der Waals surface area contributed by atoms with Crippen LogP contribution in [0.3, 0.4) is 0 Å². The largest absolute Gasteiger partial charge is 0.236 e. The smallest absolute Gasteiger partial charge is 0.133 e. The minimum Gasteiger partial charge on any atom is -0.236 e.